The number of ether oxygens (including phenoxy) is 3. The summed E-state index contributed by atoms with van der Waals surface area (Å²) >= 11 is 0. The Hall–Kier alpha value is -3.02. The summed E-state index contributed by atoms with van der Waals surface area (Å²) in [5.74, 6) is 1.11. The van der Waals surface area contributed by atoms with Crippen molar-refractivity contribution in [2.75, 3.05) is 13.2 Å². The minimum absolute atomic E-state index is 0.342. The summed E-state index contributed by atoms with van der Waals surface area (Å²) < 4.78 is 16.0. The number of nitrogens with one attached hydrogen (secondary N) is 1. The van der Waals surface area contributed by atoms with Gasteiger partial charge in [0.05, 0.1) is 0 Å². The van der Waals surface area contributed by atoms with Crippen molar-refractivity contribution >= 4 is 12.0 Å². The Morgan fingerprint density at radius 2 is 1.50 bits per heavy atom. The highest BCUT2D eigenvalue weighted by atomic mass is 16.6. The largest absolute Gasteiger partial charge is 0.490 e. The number of cyclic esters (lactones) is 1. The molecule has 1 fully saturated rings. The van der Waals surface area contributed by atoms with Gasteiger partial charge in [-0.2, -0.15) is 0 Å². The first kappa shape index (κ1) is 15.9. The van der Waals surface area contributed by atoms with Gasteiger partial charge in [0.25, 0.3) is 5.91 Å². The maximum absolute atomic E-state index is 11.5. The molecule has 1 atom stereocenters. The molecule has 1 aliphatic heterocycles. The Kier molecular flexibility index (Phi) is 4.96. The van der Waals surface area contributed by atoms with Gasteiger partial charge in [-0.05, 0) is 29.8 Å². The van der Waals surface area contributed by atoms with E-state index in [0.717, 1.165) is 11.3 Å². The molecule has 3 rings (SSSR count). The van der Waals surface area contributed by atoms with E-state index in [-0.39, 0.29) is 0 Å². The zero-order valence-corrected chi connectivity index (χ0v) is 12.9. The van der Waals surface area contributed by atoms with E-state index in [9.17, 15) is 9.59 Å². The van der Waals surface area contributed by atoms with Crippen LogP contribution in [0.3, 0.4) is 0 Å². The van der Waals surface area contributed by atoms with Crippen molar-refractivity contribution in [3.63, 3.8) is 0 Å². The molecule has 6 nitrogen and oxygen atoms in total. The number of carbonyl (C=O) groups excluding carboxylic acids is 2. The number of hydrogen-bond acceptors (Lipinski definition) is 5. The van der Waals surface area contributed by atoms with Crippen molar-refractivity contribution < 1.29 is 23.8 Å². The molecule has 6 heteroatoms. The van der Waals surface area contributed by atoms with Gasteiger partial charge in [0, 0.05) is 6.42 Å². The molecule has 0 spiro atoms. The van der Waals surface area contributed by atoms with Gasteiger partial charge in [-0.3, -0.25) is 10.1 Å². The summed E-state index contributed by atoms with van der Waals surface area (Å²) in [6.45, 7) is 0.876. The van der Waals surface area contributed by atoms with Crippen LogP contribution in [0.1, 0.15) is 5.56 Å². The van der Waals surface area contributed by atoms with Gasteiger partial charge >= 0.3 is 6.09 Å². The van der Waals surface area contributed by atoms with Crippen LogP contribution in [0.2, 0.25) is 0 Å². The number of alkyl carbamates (subject to hydrolysis) is 1. The fourth-order valence-corrected chi connectivity index (χ4v) is 2.30. The third-order valence-corrected chi connectivity index (χ3v) is 3.48. The molecule has 0 saturated carbocycles. The van der Waals surface area contributed by atoms with Crippen LogP contribution in [-0.4, -0.2) is 31.3 Å². The summed E-state index contributed by atoms with van der Waals surface area (Å²) in [7, 11) is 0. The van der Waals surface area contributed by atoms with Gasteiger partial charge in [-0.1, -0.05) is 30.3 Å². The first-order chi connectivity index (χ1) is 11.7. The third-order valence-electron chi connectivity index (χ3n) is 3.48. The van der Waals surface area contributed by atoms with Crippen LogP contribution in [0, 0.1) is 0 Å². The number of carbonyl (C=O) groups is 2. The SMILES string of the molecule is O=C1NC(=O)C(Cc2ccc(OCCOc3ccccc3)cc2)O1. The van der Waals surface area contributed by atoms with Crippen LogP contribution in [0.25, 0.3) is 0 Å². The van der Waals surface area contributed by atoms with Gasteiger partial charge in [0.15, 0.2) is 6.10 Å². The first-order valence-corrected chi connectivity index (χ1v) is 7.62. The van der Waals surface area contributed by atoms with E-state index in [1.54, 1.807) is 0 Å². The van der Waals surface area contributed by atoms with E-state index in [4.69, 9.17) is 14.2 Å². The second-order valence-corrected chi connectivity index (χ2v) is 5.24. The highest BCUT2D eigenvalue weighted by Crippen LogP contribution is 2.16. The first-order valence-electron chi connectivity index (χ1n) is 7.62. The maximum Gasteiger partial charge on any atom is 0.414 e. The average molecular weight is 327 g/mol. The summed E-state index contributed by atoms with van der Waals surface area (Å²) in [6, 6.07) is 16.8. The molecule has 1 N–H and O–H groups in total. The Morgan fingerprint density at radius 1 is 0.875 bits per heavy atom. The lowest BCUT2D eigenvalue weighted by Crippen LogP contribution is -2.25. The highest BCUT2D eigenvalue weighted by Gasteiger charge is 2.31. The van der Waals surface area contributed by atoms with Crippen molar-refractivity contribution in [3.8, 4) is 11.5 Å². The van der Waals surface area contributed by atoms with E-state index in [0.29, 0.717) is 25.4 Å². The fraction of sp³-hybridized carbons (Fsp3) is 0.222. The lowest BCUT2D eigenvalue weighted by Gasteiger charge is -2.10. The van der Waals surface area contributed by atoms with Crippen LogP contribution < -0.4 is 14.8 Å². The zero-order valence-electron chi connectivity index (χ0n) is 12.9. The number of rotatable bonds is 7. The van der Waals surface area contributed by atoms with Crippen LogP contribution in [0.5, 0.6) is 11.5 Å². The minimum Gasteiger partial charge on any atom is -0.490 e. The summed E-state index contributed by atoms with van der Waals surface area (Å²) in [4.78, 5) is 22.4. The molecule has 0 bridgehead atoms. The summed E-state index contributed by atoms with van der Waals surface area (Å²) in [5, 5.41) is 2.11. The number of hydrogen-bond donors (Lipinski definition) is 1. The Balaban J connectivity index is 1.43. The molecular weight excluding hydrogens is 310 g/mol. The fourth-order valence-electron chi connectivity index (χ4n) is 2.30. The molecule has 2 amide bonds. The van der Waals surface area contributed by atoms with Gasteiger partial charge < -0.3 is 14.2 Å². The Bertz CT molecular complexity index is 699. The molecule has 2 aromatic rings. The van der Waals surface area contributed by atoms with Gasteiger partial charge in [0.1, 0.15) is 24.7 Å². The zero-order chi connectivity index (χ0) is 16.8. The molecule has 24 heavy (non-hydrogen) atoms. The second-order valence-electron chi connectivity index (χ2n) is 5.24. The summed E-state index contributed by atoms with van der Waals surface area (Å²) in [5.41, 5.74) is 0.887. The monoisotopic (exact) mass is 327 g/mol. The lowest BCUT2D eigenvalue weighted by molar-refractivity contribution is -0.123. The normalized spacial score (nSPS) is 16.4. The number of benzene rings is 2. The molecule has 1 saturated heterocycles. The van der Waals surface area contributed by atoms with Crippen LogP contribution in [0.4, 0.5) is 4.79 Å². The molecule has 0 aromatic heterocycles. The lowest BCUT2D eigenvalue weighted by atomic mass is 10.1. The molecule has 1 aliphatic rings. The van der Waals surface area contributed by atoms with Crippen LogP contribution in [-0.2, 0) is 16.0 Å². The standard InChI is InChI=1S/C18H17NO5/c20-17-16(24-18(21)19-17)12-13-6-8-15(9-7-13)23-11-10-22-14-4-2-1-3-5-14/h1-9,16H,10-12H2,(H,19,20,21). The van der Waals surface area contributed by atoms with Gasteiger partial charge in [-0.15, -0.1) is 0 Å². The van der Waals surface area contributed by atoms with E-state index in [2.05, 4.69) is 5.32 Å². The van der Waals surface area contributed by atoms with Gasteiger partial charge in [-0.25, -0.2) is 4.79 Å². The van der Waals surface area contributed by atoms with Crippen LogP contribution >= 0.6 is 0 Å². The maximum atomic E-state index is 11.5. The molecule has 124 valence electrons. The van der Waals surface area contributed by atoms with E-state index in [1.807, 2.05) is 54.6 Å². The third kappa shape index (κ3) is 4.25. The number of imide groups is 1. The quantitative estimate of drug-likeness (QED) is 0.790. The van der Waals surface area contributed by atoms with Gasteiger partial charge in [0.2, 0.25) is 0 Å². The van der Waals surface area contributed by atoms with Crippen molar-refractivity contribution in [1.29, 1.82) is 0 Å². The molecule has 2 aromatic carbocycles. The van der Waals surface area contributed by atoms with Crippen molar-refractivity contribution in [1.82, 2.24) is 5.32 Å². The average Bonchev–Trinajstić information content (AvgIpc) is 2.91. The predicted octanol–water partition coefficient (Wildman–Crippen LogP) is 2.32. The summed E-state index contributed by atoms with van der Waals surface area (Å²) in [6.07, 6.45) is -1.11. The highest BCUT2D eigenvalue weighted by molar-refractivity contribution is 6.00. The van der Waals surface area contributed by atoms with E-state index in [1.165, 1.54) is 0 Å². The Labute approximate surface area is 139 Å². The van der Waals surface area contributed by atoms with Crippen LogP contribution in [0.15, 0.2) is 54.6 Å². The van der Waals surface area contributed by atoms with Crippen molar-refractivity contribution in [2.45, 2.75) is 12.5 Å². The minimum atomic E-state index is -0.761. The molecule has 0 aliphatic carbocycles. The molecule has 1 unspecified atom stereocenters. The smallest absolute Gasteiger partial charge is 0.414 e. The van der Waals surface area contributed by atoms with E-state index >= 15 is 0 Å². The van der Waals surface area contributed by atoms with E-state index < -0.39 is 18.1 Å². The predicted molar refractivity (Wildman–Crippen MR) is 86.0 cm³/mol. The van der Waals surface area contributed by atoms with Crippen molar-refractivity contribution in [2.24, 2.45) is 0 Å². The number of amides is 2. The van der Waals surface area contributed by atoms with Crippen molar-refractivity contribution in [3.05, 3.63) is 60.2 Å². The second kappa shape index (κ2) is 7.50. The molecule has 0 radical (unpaired) electrons. The molecule has 1 heterocycles. The number of para-hydroxylation sites is 1. The topological polar surface area (TPSA) is 73.9 Å². The Morgan fingerprint density at radius 3 is 2.08 bits per heavy atom. The molecular formula is C18H17NO5.